The Hall–Kier alpha value is 1.38. The van der Waals surface area contributed by atoms with Crippen LogP contribution < -0.4 is 0 Å². The van der Waals surface area contributed by atoms with Gasteiger partial charge in [-0.25, -0.2) is 0 Å². The predicted molar refractivity (Wildman–Crippen MR) is 85.3 cm³/mol. The maximum atomic E-state index is 4.93. The van der Waals surface area contributed by atoms with Crippen molar-refractivity contribution < 1.29 is 20.8 Å². The number of allylic oxidation sites excluding steroid dienone is 5. The molecule has 5 heteroatoms. The zero-order chi connectivity index (χ0) is 13.7. The van der Waals surface area contributed by atoms with E-state index in [1.165, 1.54) is 11.1 Å². The van der Waals surface area contributed by atoms with Gasteiger partial charge in [-0.2, -0.15) is 25.3 Å². The Morgan fingerprint density at radius 3 is 1.59 bits per heavy atom. The van der Waals surface area contributed by atoms with E-state index in [0.717, 1.165) is 29.9 Å². The second-order valence-electron chi connectivity index (χ2n) is 3.57. The predicted octanol–water partition coefficient (Wildman–Crippen LogP) is 5.45. The van der Waals surface area contributed by atoms with Gasteiger partial charge in [0.2, 0.25) is 0 Å². The molecule has 0 nitrogen and oxygen atoms in total. The molecule has 0 radical (unpaired) electrons. The van der Waals surface area contributed by atoms with Crippen molar-refractivity contribution in [2.45, 2.75) is 26.7 Å². The quantitative estimate of drug-likeness (QED) is 0.437. The summed E-state index contributed by atoms with van der Waals surface area (Å²) in [4.78, 5) is 0. The van der Waals surface area contributed by atoms with Crippen LogP contribution in [0.4, 0.5) is 0 Å². The third-order valence-corrected chi connectivity index (χ3v) is 2.32. The van der Waals surface area contributed by atoms with E-state index < -0.39 is 20.8 Å². The second kappa shape index (κ2) is 15.4. The summed E-state index contributed by atoms with van der Waals surface area (Å²) in [7, 11) is 9.87. The van der Waals surface area contributed by atoms with Crippen LogP contribution in [0.3, 0.4) is 0 Å². The van der Waals surface area contributed by atoms with Crippen molar-refractivity contribution in [1.29, 1.82) is 0 Å². The minimum atomic E-state index is -0.826. The summed E-state index contributed by atoms with van der Waals surface area (Å²) >= 11 is 7.55. The van der Waals surface area contributed by atoms with Crippen molar-refractivity contribution in [2.24, 2.45) is 0 Å². The number of halogens is 2. The van der Waals surface area contributed by atoms with Gasteiger partial charge >= 0.3 is 37.9 Å². The first-order chi connectivity index (χ1) is 8.01. The van der Waals surface area contributed by atoms with Crippen LogP contribution >= 0.6 is 42.3 Å². The molecule has 0 atom stereocenters. The first-order valence-corrected chi connectivity index (χ1v) is 12.8. The summed E-state index contributed by atoms with van der Waals surface area (Å²) in [5.74, 6) is 1.80. The van der Waals surface area contributed by atoms with Gasteiger partial charge in [-0.15, -0.1) is 0 Å². The van der Waals surface area contributed by atoms with Gasteiger partial charge in [0.05, 0.1) is 0 Å². The van der Waals surface area contributed by atoms with Crippen LogP contribution in [0.15, 0.2) is 35.5 Å². The molecule has 0 rings (SSSR count). The monoisotopic (exact) mass is 388 g/mol. The Labute approximate surface area is 135 Å². The molecular formula is C12H20Cl2S2Zr. The molecule has 98 valence electrons. The van der Waals surface area contributed by atoms with Crippen molar-refractivity contribution in [3.8, 4) is 0 Å². The van der Waals surface area contributed by atoms with Crippen molar-refractivity contribution in [3.63, 3.8) is 0 Å². The molecule has 0 aliphatic carbocycles. The Morgan fingerprint density at radius 1 is 1.06 bits per heavy atom. The van der Waals surface area contributed by atoms with E-state index in [2.05, 4.69) is 57.8 Å². The van der Waals surface area contributed by atoms with Crippen LogP contribution in [-0.2, 0) is 20.8 Å². The molecule has 0 saturated heterocycles. The summed E-state index contributed by atoms with van der Waals surface area (Å²) in [6.45, 7) is 8.23. The summed E-state index contributed by atoms with van der Waals surface area (Å²) in [5.41, 5.74) is 3.74. The molecule has 0 amide bonds. The number of hydrogen-bond acceptors (Lipinski definition) is 2. The molecule has 0 unspecified atom stereocenters. The Morgan fingerprint density at radius 2 is 1.35 bits per heavy atom. The molecule has 0 fully saturated rings. The van der Waals surface area contributed by atoms with E-state index in [1.54, 1.807) is 0 Å². The Balaban J connectivity index is 0. The molecule has 0 N–H and O–H groups in total. The van der Waals surface area contributed by atoms with Crippen LogP contribution in [-0.4, -0.2) is 11.5 Å². The molecule has 0 aromatic heterocycles. The molecule has 0 spiro atoms. The normalized spacial score (nSPS) is 11.6. The molecule has 0 bridgehead atoms. The maximum absolute atomic E-state index is 4.93. The third-order valence-electron chi connectivity index (χ3n) is 1.88. The molecule has 0 aliphatic heterocycles. The van der Waals surface area contributed by atoms with E-state index >= 15 is 0 Å². The van der Waals surface area contributed by atoms with Crippen molar-refractivity contribution >= 4 is 42.3 Å². The van der Waals surface area contributed by atoms with Crippen molar-refractivity contribution in [2.75, 3.05) is 11.5 Å². The fraction of sp³-hybridized carbons (Fsp3) is 0.500. The zero-order valence-electron chi connectivity index (χ0n) is 10.3. The van der Waals surface area contributed by atoms with Gasteiger partial charge in [0.1, 0.15) is 0 Å². The summed E-state index contributed by atoms with van der Waals surface area (Å²) in [5, 5.41) is 0. The van der Waals surface area contributed by atoms with Crippen molar-refractivity contribution in [1.82, 2.24) is 0 Å². The van der Waals surface area contributed by atoms with Crippen LogP contribution in [0.2, 0.25) is 0 Å². The Bertz CT molecular complexity index is 239. The zero-order valence-corrected chi connectivity index (χ0v) is 16.1. The SMILES string of the molecule is C=C(C=C(C)CCS)C=C(C)CCS.[Cl][Zr][Cl]. The standard InChI is InChI=1S/C12H20S2.2ClH.Zr/c1-10(4-6-13)8-12(3)9-11(2)5-7-14;;;/h8-9,13-14H,3-7H2,1-2H3;2*1H;/q;;;+2/p-2. The fourth-order valence-corrected chi connectivity index (χ4v) is 1.88. The molecule has 17 heavy (non-hydrogen) atoms. The average Bonchev–Trinajstić information content (AvgIpc) is 2.18. The average molecular weight is 391 g/mol. The van der Waals surface area contributed by atoms with Gasteiger partial charge < -0.3 is 0 Å². The summed E-state index contributed by atoms with van der Waals surface area (Å²) in [6, 6.07) is 0. The van der Waals surface area contributed by atoms with E-state index in [-0.39, 0.29) is 0 Å². The molecule has 0 saturated carbocycles. The number of hydrogen-bond donors (Lipinski definition) is 2. The van der Waals surface area contributed by atoms with Gasteiger partial charge in [0.15, 0.2) is 0 Å². The van der Waals surface area contributed by atoms with Crippen LogP contribution in [0, 0.1) is 0 Å². The molecule has 0 aromatic carbocycles. The van der Waals surface area contributed by atoms with E-state index in [9.17, 15) is 0 Å². The third kappa shape index (κ3) is 17.4. The van der Waals surface area contributed by atoms with Crippen LogP contribution in [0.1, 0.15) is 26.7 Å². The fourth-order valence-electron chi connectivity index (χ4n) is 1.17. The summed E-state index contributed by atoms with van der Waals surface area (Å²) < 4.78 is 0. The van der Waals surface area contributed by atoms with Gasteiger partial charge in [-0.1, -0.05) is 29.9 Å². The number of rotatable bonds is 6. The van der Waals surface area contributed by atoms with E-state index in [0.29, 0.717) is 0 Å². The second-order valence-corrected chi connectivity index (χ2v) is 8.20. The molecule has 0 aliphatic rings. The van der Waals surface area contributed by atoms with Gasteiger partial charge in [-0.05, 0) is 43.8 Å². The molecule has 0 heterocycles. The molecular weight excluding hydrogens is 370 g/mol. The topological polar surface area (TPSA) is 0 Å². The molecule has 0 aromatic rings. The number of thiol groups is 2. The first-order valence-electron chi connectivity index (χ1n) is 5.23. The summed E-state index contributed by atoms with van der Waals surface area (Å²) in [6.07, 6.45) is 6.31. The van der Waals surface area contributed by atoms with Crippen LogP contribution in [0.25, 0.3) is 0 Å². The van der Waals surface area contributed by atoms with Crippen LogP contribution in [0.5, 0.6) is 0 Å². The first kappa shape index (κ1) is 20.7. The Kier molecular flexibility index (Phi) is 18.8. The van der Waals surface area contributed by atoms with Gasteiger partial charge in [-0.3, -0.25) is 0 Å². The van der Waals surface area contributed by atoms with E-state index in [1.807, 2.05) is 0 Å². The van der Waals surface area contributed by atoms with Gasteiger partial charge in [0.25, 0.3) is 0 Å². The minimum absolute atomic E-state index is 0.826. The van der Waals surface area contributed by atoms with Gasteiger partial charge in [0, 0.05) is 0 Å². The van der Waals surface area contributed by atoms with Crippen molar-refractivity contribution in [3.05, 3.63) is 35.5 Å². The van der Waals surface area contributed by atoms with E-state index in [4.69, 9.17) is 17.0 Å².